The van der Waals surface area contributed by atoms with Crippen molar-refractivity contribution in [3.63, 3.8) is 0 Å². The number of benzene rings is 1. The summed E-state index contributed by atoms with van der Waals surface area (Å²) in [5, 5.41) is 5.45. The summed E-state index contributed by atoms with van der Waals surface area (Å²) in [4.78, 5) is 35.7. The molecule has 0 saturated carbocycles. The second-order valence-corrected chi connectivity index (χ2v) is 9.69. The SMILES string of the molecule is Cc1nc(-c2cc(C)n(CC(=O)Nn3cnc4scc(-c5ccccc5)c4c3=O)c2C)cs1. The van der Waals surface area contributed by atoms with E-state index in [4.69, 9.17) is 0 Å². The zero-order chi connectivity index (χ0) is 23.1. The summed E-state index contributed by atoms with van der Waals surface area (Å²) >= 11 is 3.01. The van der Waals surface area contributed by atoms with Crippen molar-refractivity contribution < 1.29 is 4.79 Å². The Morgan fingerprint density at radius 3 is 2.58 bits per heavy atom. The molecular formula is C24H21N5O2S2. The summed E-state index contributed by atoms with van der Waals surface area (Å²) in [7, 11) is 0. The Bertz CT molecular complexity index is 1540. The summed E-state index contributed by atoms with van der Waals surface area (Å²) in [5.41, 5.74) is 7.99. The number of hydrogen-bond acceptors (Lipinski definition) is 6. The number of rotatable bonds is 5. The van der Waals surface area contributed by atoms with E-state index >= 15 is 0 Å². The summed E-state index contributed by atoms with van der Waals surface area (Å²) in [6.07, 6.45) is 1.37. The number of nitrogens with one attached hydrogen (secondary N) is 1. The quantitative estimate of drug-likeness (QED) is 0.398. The van der Waals surface area contributed by atoms with Crippen LogP contribution in [0.15, 0.2) is 58.3 Å². The average Bonchev–Trinajstić information content (AvgIpc) is 3.50. The molecule has 0 bridgehead atoms. The van der Waals surface area contributed by atoms with Crippen LogP contribution in [0.2, 0.25) is 0 Å². The monoisotopic (exact) mass is 475 g/mol. The molecule has 0 spiro atoms. The maximum atomic E-state index is 13.2. The first-order chi connectivity index (χ1) is 15.9. The van der Waals surface area contributed by atoms with Crippen LogP contribution in [0.25, 0.3) is 32.6 Å². The van der Waals surface area contributed by atoms with Crippen molar-refractivity contribution in [3.8, 4) is 22.4 Å². The first-order valence-corrected chi connectivity index (χ1v) is 12.1. The molecule has 0 saturated heterocycles. The molecule has 5 rings (SSSR count). The third-order valence-electron chi connectivity index (χ3n) is 5.60. The second-order valence-electron chi connectivity index (χ2n) is 7.77. The number of thiophene rings is 1. The van der Waals surface area contributed by atoms with Gasteiger partial charge in [0.1, 0.15) is 17.7 Å². The van der Waals surface area contributed by atoms with Crippen molar-refractivity contribution in [2.75, 3.05) is 5.43 Å². The van der Waals surface area contributed by atoms with Crippen LogP contribution in [0.3, 0.4) is 0 Å². The van der Waals surface area contributed by atoms with Gasteiger partial charge in [0.25, 0.3) is 11.5 Å². The molecule has 0 unspecified atom stereocenters. The van der Waals surface area contributed by atoms with Gasteiger partial charge in [0.05, 0.1) is 16.1 Å². The molecule has 9 heteroatoms. The lowest BCUT2D eigenvalue weighted by atomic mass is 10.1. The van der Waals surface area contributed by atoms with Gasteiger partial charge in [0.15, 0.2) is 0 Å². The highest BCUT2D eigenvalue weighted by molar-refractivity contribution is 7.17. The number of hydrogen-bond donors (Lipinski definition) is 1. The Hall–Kier alpha value is -3.56. The van der Waals surface area contributed by atoms with Crippen LogP contribution in [-0.2, 0) is 11.3 Å². The summed E-state index contributed by atoms with van der Waals surface area (Å²) in [6, 6.07) is 11.7. The lowest BCUT2D eigenvalue weighted by Crippen LogP contribution is -2.35. The van der Waals surface area contributed by atoms with Crippen LogP contribution in [-0.4, -0.2) is 25.1 Å². The maximum Gasteiger partial charge on any atom is 0.281 e. The van der Waals surface area contributed by atoms with Crippen LogP contribution in [0.4, 0.5) is 0 Å². The molecule has 1 aromatic carbocycles. The number of nitrogens with zero attached hydrogens (tertiary/aromatic N) is 4. The van der Waals surface area contributed by atoms with Crippen LogP contribution >= 0.6 is 22.7 Å². The van der Waals surface area contributed by atoms with Crippen LogP contribution in [0.1, 0.15) is 16.4 Å². The Morgan fingerprint density at radius 1 is 1.06 bits per heavy atom. The number of aryl methyl sites for hydroxylation is 2. The predicted molar refractivity (Wildman–Crippen MR) is 133 cm³/mol. The second kappa shape index (κ2) is 8.42. The lowest BCUT2D eigenvalue weighted by Gasteiger charge is -2.12. The molecule has 4 aromatic heterocycles. The van der Waals surface area contributed by atoms with E-state index in [1.165, 1.54) is 22.3 Å². The molecule has 0 aliphatic rings. The number of carbonyl (C=O) groups is 1. The normalized spacial score (nSPS) is 11.2. The Labute approximate surface area is 198 Å². The Kier molecular flexibility index (Phi) is 5.43. The minimum absolute atomic E-state index is 0.0838. The fraction of sp³-hybridized carbons (Fsp3) is 0.167. The molecule has 7 nitrogen and oxygen atoms in total. The number of carbonyl (C=O) groups excluding carboxylic acids is 1. The summed E-state index contributed by atoms with van der Waals surface area (Å²) < 4.78 is 3.10. The molecule has 0 atom stereocenters. The molecule has 166 valence electrons. The van der Waals surface area contributed by atoms with Gasteiger partial charge < -0.3 is 4.57 Å². The zero-order valence-corrected chi connectivity index (χ0v) is 20.0. The van der Waals surface area contributed by atoms with E-state index in [2.05, 4.69) is 15.4 Å². The van der Waals surface area contributed by atoms with Crippen molar-refractivity contribution in [1.82, 2.24) is 19.2 Å². The highest BCUT2D eigenvalue weighted by Crippen LogP contribution is 2.30. The van der Waals surface area contributed by atoms with Gasteiger partial charge in [-0.1, -0.05) is 30.3 Å². The van der Waals surface area contributed by atoms with Gasteiger partial charge in [0.2, 0.25) is 0 Å². The number of aromatic nitrogens is 4. The van der Waals surface area contributed by atoms with Crippen LogP contribution in [0.5, 0.6) is 0 Å². The summed E-state index contributed by atoms with van der Waals surface area (Å²) in [5.74, 6) is -0.308. The Morgan fingerprint density at radius 2 is 1.85 bits per heavy atom. The zero-order valence-electron chi connectivity index (χ0n) is 18.3. The number of thiazole rings is 1. The molecular weight excluding hydrogens is 454 g/mol. The van der Waals surface area contributed by atoms with Crippen molar-refractivity contribution in [3.05, 3.63) is 80.2 Å². The Balaban J connectivity index is 1.43. The average molecular weight is 476 g/mol. The van der Waals surface area contributed by atoms with Gasteiger partial charge in [-0.15, -0.1) is 22.7 Å². The van der Waals surface area contributed by atoms with Gasteiger partial charge in [-0.25, -0.2) is 14.6 Å². The molecule has 4 heterocycles. The van der Waals surface area contributed by atoms with Gasteiger partial charge in [-0.2, -0.15) is 0 Å². The minimum Gasteiger partial charge on any atom is -0.339 e. The molecule has 1 N–H and O–H groups in total. The topological polar surface area (TPSA) is 81.8 Å². The third kappa shape index (κ3) is 3.90. The fourth-order valence-electron chi connectivity index (χ4n) is 3.95. The van der Waals surface area contributed by atoms with E-state index in [-0.39, 0.29) is 18.0 Å². The molecule has 0 aliphatic carbocycles. The van der Waals surface area contributed by atoms with Crippen molar-refractivity contribution >= 4 is 38.8 Å². The predicted octanol–water partition coefficient (Wildman–Crippen LogP) is 4.75. The van der Waals surface area contributed by atoms with Gasteiger partial charge in [-0.3, -0.25) is 15.0 Å². The molecule has 0 radical (unpaired) electrons. The first-order valence-electron chi connectivity index (χ1n) is 10.4. The number of amides is 1. The van der Waals surface area contributed by atoms with Gasteiger partial charge >= 0.3 is 0 Å². The van der Waals surface area contributed by atoms with E-state index in [1.54, 1.807) is 11.3 Å². The van der Waals surface area contributed by atoms with E-state index in [9.17, 15) is 9.59 Å². The first kappa shape index (κ1) is 21.3. The largest absolute Gasteiger partial charge is 0.339 e. The van der Waals surface area contributed by atoms with E-state index < -0.39 is 0 Å². The summed E-state index contributed by atoms with van der Waals surface area (Å²) in [6.45, 7) is 5.99. The maximum absolute atomic E-state index is 13.2. The molecule has 1 amide bonds. The molecule has 0 fully saturated rings. The fourth-order valence-corrected chi connectivity index (χ4v) is 5.47. The van der Waals surface area contributed by atoms with E-state index in [1.807, 2.05) is 72.5 Å². The minimum atomic E-state index is -0.308. The molecule has 0 aliphatic heterocycles. The standard InChI is InChI=1S/C24H21N5O2S2/c1-14-9-18(20-12-32-16(3)26-20)15(2)28(14)10-21(30)27-29-13-25-23-22(24(29)31)19(11-33-23)17-7-5-4-6-8-17/h4-9,11-13H,10H2,1-3H3,(H,27,30). The van der Waals surface area contributed by atoms with Crippen LogP contribution < -0.4 is 11.0 Å². The third-order valence-corrected chi connectivity index (χ3v) is 7.25. The number of fused-ring (bicyclic) bond motifs is 1. The van der Waals surface area contributed by atoms with Crippen molar-refractivity contribution in [2.24, 2.45) is 0 Å². The highest BCUT2D eigenvalue weighted by atomic mass is 32.1. The smallest absolute Gasteiger partial charge is 0.281 e. The highest BCUT2D eigenvalue weighted by Gasteiger charge is 2.17. The van der Waals surface area contributed by atoms with Crippen molar-refractivity contribution in [2.45, 2.75) is 27.3 Å². The lowest BCUT2D eigenvalue weighted by molar-refractivity contribution is -0.117. The van der Waals surface area contributed by atoms with Gasteiger partial charge in [0, 0.05) is 33.3 Å². The molecule has 5 aromatic rings. The van der Waals surface area contributed by atoms with Crippen molar-refractivity contribution in [1.29, 1.82) is 0 Å². The van der Waals surface area contributed by atoms with E-state index in [0.717, 1.165) is 38.8 Å². The molecule has 33 heavy (non-hydrogen) atoms. The van der Waals surface area contributed by atoms with E-state index in [0.29, 0.717) is 10.2 Å². The van der Waals surface area contributed by atoms with Crippen LogP contribution in [0, 0.1) is 20.8 Å². The van der Waals surface area contributed by atoms with Gasteiger partial charge in [-0.05, 0) is 32.4 Å².